The number of nitrogens with one attached hydrogen (secondary N) is 2. The lowest BCUT2D eigenvalue weighted by Crippen LogP contribution is -2.45. The summed E-state index contributed by atoms with van der Waals surface area (Å²) in [6.07, 6.45) is 1.59. The Morgan fingerprint density at radius 1 is 0.944 bits per heavy atom. The van der Waals surface area contributed by atoms with Crippen molar-refractivity contribution in [2.24, 2.45) is 0 Å². The summed E-state index contributed by atoms with van der Waals surface area (Å²) in [6.45, 7) is 2.10. The van der Waals surface area contributed by atoms with E-state index in [4.69, 9.17) is 14.2 Å². The maximum absolute atomic E-state index is 13.1. The number of anilines is 1. The van der Waals surface area contributed by atoms with Gasteiger partial charge in [0.15, 0.2) is 11.5 Å². The van der Waals surface area contributed by atoms with Crippen molar-refractivity contribution in [2.45, 2.75) is 25.4 Å². The summed E-state index contributed by atoms with van der Waals surface area (Å²) in [7, 11) is 1.59. The monoisotopic (exact) mass is 487 g/mol. The van der Waals surface area contributed by atoms with E-state index in [1.807, 2.05) is 54.6 Å². The fourth-order valence-corrected chi connectivity index (χ4v) is 4.57. The first-order valence-corrected chi connectivity index (χ1v) is 12.1. The summed E-state index contributed by atoms with van der Waals surface area (Å²) >= 11 is 0. The van der Waals surface area contributed by atoms with Gasteiger partial charge in [-0.15, -0.1) is 0 Å². The lowest BCUT2D eigenvalue weighted by Gasteiger charge is -2.35. The van der Waals surface area contributed by atoms with Gasteiger partial charge in [-0.2, -0.15) is 0 Å². The van der Waals surface area contributed by atoms with Crippen LogP contribution in [0.15, 0.2) is 66.7 Å². The first-order chi connectivity index (χ1) is 17.6. The van der Waals surface area contributed by atoms with Crippen LogP contribution < -0.4 is 29.7 Å². The minimum Gasteiger partial charge on any atom is -0.497 e. The average molecular weight is 488 g/mol. The van der Waals surface area contributed by atoms with E-state index in [0.29, 0.717) is 29.2 Å². The summed E-state index contributed by atoms with van der Waals surface area (Å²) in [5.41, 5.74) is 3.06. The molecule has 3 aromatic rings. The Hall–Kier alpha value is -4.20. The maximum Gasteiger partial charge on any atom is 0.253 e. The van der Waals surface area contributed by atoms with E-state index in [9.17, 15) is 9.59 Å². The molecule has 1 saturated heterocycles. The molecule has 0 spiro atoms. The van der Waals surface area contributed by atoms with Gasteiger partial charge in [-0.1, -0.05) is 24.3 Å². The molecule has 2 amide bonds. The molecular formula is C28H29N3O5. The van der Waals surface area contributed by atoms with Crippen LogP contribution in [0.1, 0.15) is 39.1 Å². The van der Waals surface area contributed by atoms with E-state index in [1.54, 1.807) is 19.2 Å². The van der Waals surface area contributed by atoms with Crippen LogP contribution in [0.2, 0.25) is 0 Å². The Kier molecular flexibility index (Phi) is 6.93. The van der Waals surface area contributed by atoms with Crippen LogP contribution in [0.25, 0.3) is 0 Å². The van der Waals surface area contributed by atoms with Crippen LogP contribution in [-0.2, 0) is 6.54 Å². The third-order valence-corrected chi connectivity index (χ3v) is 6.54. The maximum atomic E-state index is 13.1. The molecule has 0 unspecified atom stereocenters. The van der Waals surface area contributed by atoms with Gasteiger partial charge in [0, 0.05) is 36.9 Å². The molecule has 1 fully saturated rings. The van der Waals surface area contributed by atoms with E-state index in [2.05, 4.69) is 15.5 Å². The molecule has 2 heterocycles. The number of methoxy groups -OCH3 is 1. The van der Waals surface area contributed by atoms with Crippen molar-refractivity contribution in [3.63, 3.8) is 0 Å². The van der Waals surface area contributed by atoms with E-state index < -0.39 is 0 Å². The number of hydrogen-bond acceptors (Lipinski definition) is 6. The van der Waals surface area contributed by atoms with Crippen LogP contribution in [0.4, 0.5) is 5.69 Å². The fourth-order valence-electron chi connectivity index (χ4n) is 4.57. The topological polar surface area (TPSA) is 89.1 Å². The molecule has 0 bridgehead atoms. The van der Waals surface area contributed by atoms with Gasteiger partial charge in [0.05, 0.1) is 12.7 Å². The van der Waals surface area contributed by atoms with Gasteiger partial charge < -0.3 is 29.7 Å². The molecule has 36 heavy (non-hydrogen) atoms. The molecular weight excluding hydrogens is 458 g/mol. The second kappa shape index (κ2) is 10.6. The smallest absolute Gasteiger partial charge is 0.253 e. The minimum atomic E-state index is -0.128. The molecule has 0 aliphatic carbocycles. The average Bonchev–Trinajstić information content (AvgIpc) is 3.40. The highest BCUT2D eigenvalue weighted by Crippen LogP contribution is 2.32. The van der Waals surface area contributed by atoms with Crippen LogP contribution >= 0.6 is 0 Å². The molecule has 2 aliphatic heterocycles. The zero-order chi connectivity index (χ0) is 24.9. The van der Waals surface area contributed by atoms with Crippen molar-refractivity contribution in [1.82, 2.24) is 10.6 Å². The molecule has 0 radical (unpaired) electrons. The number of rotatable bonds is 7. The normalized spacial score (nSPS) is 14.9. The number of hydrogen-bond donors (Lipinski definition) is 2. The van der Waals surface area contributed by atoms with Crippen molar-refractivity contribution in [3.05, 3.63) is 83.4 Å². The molecule has 2 aliphatic rings. The minimum absolute atomic E-state index is 0.0759. The number of benzene rings is 3. The van der Waals surface area contributed by atoms with Gasteiger partial charge in [-0.05, 0) is 60.9 Å². The number of nitrogens with zero attached hydrogens (tertiary/aromatic N) is 1. The molecule has 5 rings (SSSR count). The van der Waals surface area contributed by atoms with Crippen molar-refractivity contribution < 1.29 is 23.8 Å². The van der Waals surface area contributed by atoms with Crippen molar-refractivity contribution in [2.75, 3.05) is 31.9 Å². The standard InChI is InChI=1S/C28H29N3O5/c1-34-22-6-4-5-20(16-22)27(32)30-21-11-13-31(14-12-21)24-8-3-2-7-23(24)28(33)29-17-19-9-10-25-26(15-19)36-18-35-25/h2-10,15-16,21H,11-14,17-18H2,1H3,(H,29,33)(H,30,32). The Balaban J connectivity index is 1.18. The lowest BCUT2D eigenvalue weighted by atomic mass is 10.0. The summed E-state index contributed by atoms with van der Waals surface area (Å²) in [5, 5.41) is 6.15. The molecule has 2 N–H and O–H groups in total. The van der Waals surface area contributed by atoms with Crippen LogP contribution in [0.3, 0.4) is 0 Å². The summed E-state index contributed by atoms with van der Waals surface area (Å²) in [4.78, 5) is 28.0. The number of ether oxygens (including phenoxy) is 3. The highest BCUT2D eigenvalue weighted by Gasteiger charge is 2.24. The molecule has 3 aromatic carbocycles. The predicted octanol–water partition coefficient (Wildman–Crippen LogP) is 3.75. The van der Waals surface area contributed by atoms with Gasteiger partial charge >= 0.3 is 0 Å². The highest BCUT2D eigenvalue weighted by molar-refractivity contribution is 6.00. The number of fused-ring (bicyclic) bond motifs is 1. The van der Waals surface area contributed by atoms with Gasteiger partial charge in [0.25, 0.3) is 11.8 Å². The van der Waals surface area contributed by atoms with E-state index in [-0.39, 0.29) is 24.6 Å². The van der Waals surface area contributed by atoms with Crippen molar-refractivity contribution in [3.8, 4) is 17.2 Å². The van der Waals surface area contributed by atoms with Crippen molar-refractivity contribution >= 4 is 17.5 Å². The molecule has 8 nitrogen and oxygen atoms in total. The van der Waals surface area contributed by atoms with Gasteiger partial charge in [-0.25, -0.2) is 0 Å². The van der Waals surface area contributed by atoms with Crippen LogP contribution in [0, 0.1) is 0 Å². The first-order valence-electron chi connectivity index (χ1n) is 12.1. The third-order valence-electron chi connectivity index (χ3n) is 6.54. The zero-order valence-electron chi connectivity index (χ0n) is 20.2. The Morgan fingerprint density at radius 2 is 1.75 bits per heavy atom. The molecule has 186 valence electrons. The van der Waals surface area contributed by atoms with Gasteiger partial charge in [0.2, 0.25) is 6.79 Å². The Labute approximate surface area is 210 Å². The Bertz CT molecular complexity index is 1250. The highest BCUT2D eigenvalue weighted by atomic mass is 16.7. The van der Waals surface area contributed by atoms with E-state index in [1.165, 1.54) is 0 Å². The Morgan fingerprint density at radius 3 is 2.58 bits per heavy atom. The fraction of sp³-hybridized carbons (Fsp3) is 0.286. The summed E-state index contributed by atoms with van der Waals surface area (Å²) < 4.78 is 16.0. The van der Waals surface area contributed by atoms with Crippen LogP contribution in [-0.4, -0.2) is 44.8 Å². The molecule has 0 saturated carbocycles. The largest absolute Gasteiger partial charge is 0.497 e. The van der Waals surface area contributed by atoms with Crippen molar-refractivity contribution in [1.29, 1.82) is 0 Å². The quantitative estimate of drug-likeness (QED) is 0.528. The molecule has 8 heteroatoms. The number of para-hydroxylation sites is 1. The molecule has 0 atom stereocenters. The first kappa shape index (κ1) is 23.5. The number of carbonyl (C=O) groups is 2. The second-order valence-electron chi connectivity index (χ2n) is 8.85. The number of carbonyl (C=O) groups excluding carboxylic acids is 2. The van der Waals surface area contributed by atoms with Gasteiger partial charge in [-0.3, -0.25) is 9.59 Å². The number of piperidine rings is 1. The van der Waals surface area contributed by atoms with Crippen LogP contribution in [0.5, 0.6) is 17.2 Å². The lowest BCUT2D eigenvalue weighted by molar-refractivity contribution is 0.0929. The zero-order valence-corrected chi connectivity index (χ0v) is 20.2. The number of amides is 2. The van der Waals surface area contributed by atoms with Gasteiger partial charge in [0.1, 0.15) is 5.75 Å². The SMILES string of the molecule is COc1cccc(C(=O)NC2CCN(c3ccccc3C(=O)NCc3ccc4c(c3)OCO4)CC2)c1. The summed E-state index contributed by atoms with van der Waals surface area (Å²) in [6, 6.07) is 20.5. The van der Waals surface area contributed by atoms with E-state index in [0.717, 1.165) is 42.9 Å². The third kappa shape index (κ3) is 5.22. The molecule has 0 aromatic heterocycles. The summed E-state index contributed by atoms with van der Waals surface area (Å²) in [5.74, 6) is 1.85. The predicted molar refractivity (Wildman–Crippen MR) is 136 cm³/mol. The second-order valence-corrected chi connectivity index (χ2v) is 8.85. The van der Waals surface area contributed by atoms with E-state index >= 15 is 0 Å².